The lowest BCUT2D eigenvalue weighted by atomic mass is 9.92. The highest BCUT2D eigenvalue weighted by Crippen LogP contribution is 2.22. The van der Waals surface area contributed by atoms with Crippen LogP contribution in [-0.2, 0) is 4.74 Å². The summed E-state index contributed by atoms with van der Waals surface area (Å²) in [6, 6.07) is 0.939. The maximum absolute atomic E-state index is 11.7. The molecule has 100 valence electrons. The van der Waals surface area contributed by atoms with Gasteiger partial charge in [-0.2, -0.15) is 0 Å². The number of ether oxygens (including phenoxy) is 1. The molecular formula is C13H26N2O2. The normalized spacial score (nSPS) is 19.1. The predicted octanol–water partition coefficient (Wildman–Crippen LogP) is 2.24. The fraction of sp³-hybridized carbons (Fsp3) is 0.923. The van der Waals surface area contributed by atoms with Gasteiger partial charge in [-0.3, -0.25) is 0 Å². The maximum Gasteiger partial charge on any atom is 0.410 e. The van der Waals surface area contributed by atoms with Gasteiger partial charge in [0.1, 0.15) is 5.60 Å². The third kappa shape index (κ3) is 4.54. The van der Waals surface area contributed by atoms with Crippen LogP contribution in [0, 0.1) is 5.92 Å². The summed E-state index contributed by atoms with van der Waals surface area (Å²) in [6.45, 7) is 13.7. The molecule has 0 aliphatic carbocycles. The van der Waals surface area contributed by atoms with Crippen LogP contribution in [0.5, 0.6) is 0 Å². The minimum absolute atomic E-state index is 0.189. The van der Waals surface area contributed by atoms with Gasteiger partial charge in [-0.05, 0) is 27.7 Å². The third-order valence-corrected chi connectivity index (χ3v) is 2.86. The Bertz CT molecular complexity index is 265. The van der Waals surface area contributed by atoms with E-state index >= 15 is 0 Å². The van der Waals surface area contributed by atoms with Crippen molar-refractivity contribution in [2.45, 2.75) is 59.2 Å². The molecule has 0 saturated carbocycles. The molecule has 0 bridgehead atoms. The Hall–Kier alpha value is -0.770. The lowest BCUT2D eigenvalue weighted by molar-refractivity contribution is -0.00607. The van der Waals surface area contributed by atoms with E-state index in [-0.39, 0.29) is 6.09 Å². The molecule has 0 aromatic heterocycles. The molecule has 0 unspecified atom stereocenters. The van der Waals surface area contributed by atoms with Crippen molar-refractivity contribution in [3.05, 3.63) is 0 Å². The summed E-state index contributed by atoms with van der Waals surface area (Å²) in [6.07, 6.45) is -0.189. The lowest BCUT2D eigenvalue weighted by Crippen LogP contribution is -2.58. The number of carbonyl (C=O) groups is 1. The van der Waals surface area contributed by atoms with Crippen molar-refractivity contribution >= 4 is 6.09 Å². The Balaban J connectivity index is 2.29. The van der Waals surface area contributed by atoms with E-state index in [1.807, 2.05) is 20.8 Å². The second kappa shape index (κ2) is 5.25. The van der Waals surface area contributed by atoms with Crippen molar-refractivity contribution in [1.29, 1.82) is 0 Å². The highest BCUT2D eigenvalue weighted by atomic mass is 16.6. The average molecular weight is 242 g/mol. The Kier molecular flexibility index (Phi) is 4.42. The first-order chi connectivity index (χ1) is 7.69. The number of amides is 1. The molecule has 1 rings (SSSR count). The summed E-state index contributed by atoms with van der Waals surface area (Å²) < 4.78 is 5.32. The number of nitrogens with zero attached hydrogens (tertiary/aromatic N) is 1. The van der Waals surface area contributed by atoms with Crippen LogP contribution < -0.4 is 5.32 Å². The van der Waals surface area contributed by atoms with Crippen molar-refractivity contribution in [1.82, 2.24) is 10.2 Å². The Morgan fingerprint density at radius 2 is 1.82 bits per heavy atom. The minimum atomic E-state index is -0.399. The molecule has 1 fully saturated rings. The van der Waals surface area contributed by atoms with Gasteiger partial charge in [0, 0.05) is 31.1 Å². The van der Waals surface area contributed by atoms with Gasteiger partial charge in [0.2, 0.25) is 0 Å². The quantitative estimate of drug-likeness (QED) is 0.825. The van der Waals surface area contributed by atoms with Crippen molar-refractivity contribution in [2.75, 3.05) is 13.1 Å². The molecule has 0 aromatic carbocycles. The molecule has 1 aliphatic heterocycles. The van der Waals surface area contributed by atoms with Gasteiger partial charge < -0.3 is 15.0 Å². The first-order valence-corrected chi connectivity index (χ1v) is 6.43. The topological polar surface area (TPSA) is 41.6 Å². The molecule has 4 heteroatoms. The SMILES string of the molecule is CC(C)N[C@@H](C)C1CN(C(=O)OC(C)(C)C)C1. The summed E-state index contributed by atoms with van der Waals surface area (Å²) in [4.78, 5) is 13.5. The Morgan fingerprint density at radius 3 is 2.24 bits per heavy atom. The van der Waals surface area contributed by atoms with Crippen LogP contribution in [0.2, 0.25) is 0 Å². The highest BCUT2D eigenvalue weighted by Gasteiger charge is 2.36. The Labute approximate surface area is 105 Å². The monoisotopic (exact) mass is 242 g/mol. The largest absolute Gasteiger partial charge is 0.444 e. The molecule has 0 aromatic rings. The maximum atomic E-state index is 11.7. The molecular weight excluding hydrogens is 216 g/mol. The van der Waals surface area contributed by atoms with Crippen LogP contribution in [0.4, 0.5) is 4.79 Å². The van der Waals surface area contributed by atoms with E-state index in [0.29, 0.717) is 18.0 Å². The van der Waals surface area contributed by atoms with Gasteiger partial charge in [0.25, 0.3) is 0 Å². The van der Waals surface area contributed by atoms with Crippen LogP contribution >= 0.6 is 0 Å². The standard InChI is InChI=1S/C13H26N2O2/c1-9(2)14-10(3)11-7-15(8-11)12(16)17-13(4,5)6/h9-11,14H,7-8H2,1-6H3/t10-/m0/s1. The fourth-order valence-corrected chi connectivity index (χ4v) is 1.97. The molecule has 17 heavy (non-hydrogen) atoms. The van der Waals surface area contributed by atoms with Gasteiger partial charge in [-0.1, -0.05) is 13.8 Å². The van der Waals surface area contributed by atoms with Gasteiger partial charge in [-0.15, -0.1) is 0 Å². The summed E-state index contributed by atoms with van der Waals surface area (Å²) in [7, 11) is 0. The van der Waals surface area contributed by atoms with E-state index in [1.165, 1.54) is 0 Å². The van der Waals surface area contributed by atoms with Crippen LogP contribution in [0.15, 0.2) is 0 Å². The van der Waals surface area contributed by atoms with Gasteiger partial charge in [0.15, 0.2) is 0 Å². The van der Waals surface area contributed by atoms with E-state index in [1.54, 1.807) is 4.90 Å². The lowest BCUT2D eigenvalue weighted by Gasteiger charge is -2.43. The van der Waals surface area contributed by atoms with Gasteiger partial charge in [0.05, 0.1) is 0 Å². The molecule has 1 saturated heterocycles. The average Bonchev–Trinajstić information content (AvgIpc) is 1.94. The van der Waals surface area contributed by atoms with Crippen molar-refractivity contribution in [2.24, 2.45) is 5.92 Å². The van der Waals surface area contributed by atoms with Crippen LogP contribution in [0.25, 0.3) is 0 Å². The smallest absolute Gasteiger partial charge is 0.410 e. The number of rotatable bonds is 3. The molecule has 0 spiro atoms. The molecule has 1 aliphatic rings. The second-order valence-corrected chi connectivity index (χ2v) is 6.26. The zero-order valence-corrected chi connectivity index (χ0v) is 11.9. The minimum Gasteiger partial charge on any atom is -0.444 e. The predicted molar refractivity (Wildman–Crippen MR) is 69.0 cm³/mol. The van der Waals surface area contributed by atoms with E-state index in [4.69, 9.17) is 4.74 Å². The van der Waals surface area contributed by atoms with E-state index in [0.717, 1.165) is 13.1 Å². The number of nitrogens with one attached hydrogen (secondary N) is 1. The zero-order chi connectivity index (χ0) is 13.2. The first-order valence-electron chi connectivity index (χ1n) is 6.43. The number of likely N-dealkylation sites (tertiary alicyclic amines) is 1. The van der Waals surface area contributed by atoms with Crippen LogP contribution in [0.1, 0.15) is 41.5 Å². The molecule has 0 radical (unpaired) electrons. The first kappa shape index (κ1) is 14.3. The fourth-order valence-electron chi connectivity index (χ4n) is 1.97. The molecule has 1 atom stereocenters. The summed E-state index contributed by atoms with van der Waals surface area (Å²) in [5, 5.41) is 3.47. The van der Waals surface area contributed by atoms with E-state index < -0.39 is 5.60 Å². The van der Waals surface area contributed by atoms with Crippen molar-refractivity contribution in [3.63, 3.8) is 0 Å². The zero-order valence-electron chi connectivity index (χ0n) is 11.9. The molecule has 1 heterocycles. The summed E-state index contributed by atoms with van der Waals surface area (Å²) >= 11 is 0. The summed E-state index contributed by atoms with van der Waals surface area (Å²) in [5.41, 5.74) is -0.399. The van der Waals surface area contributed by atoms with Crippen molar-refractivity contribution < 1.29 is 9.53 Å². The van der Waals surface area contributed by atoms with Crippen LogP contribution in [-0.4, -0.2) is 41.8 Å². The summed E-state index contributed by atoms with van der Waals surface area (Å²) in [5.74, 6) is 0.546. The molecule has 1 amide bonds. The van der Waals surface area contributed by atoms with E-state index in [9.17, 15) is 4.79 Å². The van der Waals surface area contributed by atoms with Crippen LogP contribution in [0.3, 0.4) is 0 Å². The number of hydrogen-bond acceptors (Lipinski definition) is 3. The molecule has 1 N–H and O–H groups in total. The van der Waals surface area contributed by atoms with Gasteiger partial charge in [-0.25, -0.2) is 4.79 Å². The third-order valence-electron chi connectivity index (χ3n) is 2.86. The van der Waals surface area contributed by atoms with Crippen molar-refractivity contribution in [3.8, 4) is 0 Å². The van der Waals surface area contributed by atoms with E-state index in [2.05, 4.69) is 26.1 Å². The molecule has 4 nitrogen and oxygen atoms in total. The second-order valence-electron chi connectivity index (χ2n) is 6.26. The van der Waals surface area contributed by atoms with Gasteiger partial charge >= 0.3 is 6.09 Å². The number of hydrogen-bond donors (Lipinski definition) is 1. The Morgan fingerprint density at radius 1 is 1.29 bits per heavy atom. The highest BCUT2D eigenvalue weighted by molar-refractivity contribution is 5.69. The number of carbonyl (C=O) groups excluding carboxylic acids is 1.